The largest absolute Gasteiger partial charge is 0.496 e. The smallest absolute Gasteiger partial charge is 0.235 e. The molecule has 1 fully saturated rings. The Morgan fingerprint density at radius 2 is 2.00 bits per heavy atom. The van der Waals surface area contributed by atoms with Gasteiger partial charge in [0.1, 0.15) is 11.6 Å². The van der Waals surface area contributed by atoms with Gasteiger partial charge in [0.15, 0.2) is 5.13 Å². The van der Waals surface area contributed by atoms with E-state index < -0.39 is 0 Å². The Morgan fingerprint density at radius 1 is 1.29 bits per heavy atom. The number of amides is 1. The molecule has 0 unspecified atom stereocenters. The first-order chi connectivity index (χ1) is 14.9. The molecule has 2 heterocycles. The second-order valence-electron chi connectivity index (χ2n) is 7.38. The van der Waals surface area contributed by atoms with E-state index in [1.807, 2.05) is 31.2 Å². The van der Waals surface area contributed by atoms with Crippen molar-refractivity contribution in [3.63, 3.8) is 0 Å². The molecule has 0 atom stereocenters. The highest BCUT2D eigenvalue weighted by atomic mass is 32.2. The molecule has 1 saturated heterocycles. The molecule has 162 valence electrons. The molecule has 1 amide bonds. The third-order valence-electron chi connectivity index (χ3n) is 5.40. The van der Waals surface area contributed by atoms with Crippen LogP contribution in [0.15, 0.2) is 46.7 Å². The number of carbonyl (C=O) groups excluding carboxylic acids is 1. The van der Waals surface area contributed by atoms with Crippen LogP contribution in [0.2, 0.25) is 0 Å². The summed E-state index contributed by atoms with van der Waals surface area (Å²) in [6.07, 6.45) is 0. The van der Waals surface area contributed by atoms with Gasteiger partial charge in [-0.1, -0.05) is 23.5 Å². The van der Waals surface area contributed by atoms with E-state index in [0.717, 1.165) is 33.1 Å². The number of benzene rings is 2. The van der Waals surface area contributed by atoms with Crippen LogP contribution in [0, 0.1) is 18.7 Å². The van der Waals surface area contributed by atoms with E-state index in [9.17, 15) is 9.18 Å². The number of halogens is 1. The van der Waals surface area contributed by atoms with E-state index >= 15 is 0 Å². The number of ether oxygens (including phenoxy) is 1. The summed E-state index contributed by atoms with van der Waals surface area (Å²) in [6, 6.07) is 12.3. The molecule has 1 aromatic heterocycles. The predicted molar refractivity (Wildman–Crippen MR) is 124 cm³/mol. The van der Waals surface area contributed by atoms with Crippen molar-refractivity contribution in [3.05, 3.63) is 54.0 Å². The van der Waals surface area contributed by atoms with Crippen LogP contribution in [0.3, 0.4) is 0 Å². The molecule has 31 heavy (non-hydrogen) atoms. The fraction of sp³-hybridized carbons (Fsp3) is 0.273. The third kappa shape index (κ3) is 4.26. The number of nitrogens with two attached hydrogens (primary N) is 1. The Labute approximate surface area is 189 Å². The second-order valence-corrected chi connectivity index (χ2v) is 9.26. The Balaban J connectivity index is 1.41. The van der Waals surface area contributed by atoms with Gasteiger partial charge in [0, 0.05) is 31.4 Å². The van der Waals surface area contributed by atoms with E-state index in [1.54, 1.807) is 25.1 Å². The molecule has 2 aromatic carbocycles. The Bertz CT molecular complexity index is 1100. The summed E-state index contributed by atoms with van der Waals surface area (Å²) in [4.78, 5) is 21.1. The van der Waals surface area contributed by atoms with Crippen molar-refractivity contribution >= 4 is 40.0 Å². The number of carbonyl (C=O) groups is 1. The maximum absolute atomic E-state index is 13.7. The lowest BCUT2D eigenvalue weighted by molar-refractivity contribution is -0.122. The van der Waals surface area contributed by atoms with E-state index in [-0.39, 0.29) is 17.6 Å². The number of aryl methyl sites for hydroxylation is 1. The standard InChI is InChI=1S/C22H23FN4O2S2/c1-13-21(31-24)30-22(25-13)26(2)20(28)15-11-27(12-15)17-7-4-14(5-8-17)18-10-16(23)6-9-19(18)29-3/h4-10,15H,11-12,24H2,1-3H3. The van der Waals surface area contributed by atoms with Gasteiger partial charge in [-0.05, 0) is 54.8 Å². The van der Waals surface area contributed by atoms with E-state index in [0.29, 0.717) is 29.5 Å². The summed E-state index contributed by atoms with van der Waals surface area (Å²) in [5.74, 6) is 0.298. The second kappa shape index (κ2) is 8.86. The molecule has 6 nitrogen and oxygen atoms in total. The maximum atomic E-state index is 13.7. The quantitative estimate of drug-likeness (QED) is 0.555. The first kappa shape index (κ1) is 21.6. The molecule has 0 bridgehead atoms. The van der Waals surface area contributed by atoms with Crippen LogP contribution in [0.25, 0.3) is 11.1 Å². The first-order valence-corrected chi connectivity index (χ1v) is 11.4. The lowest BCUT2D eigenvalue weighted by atomic mass is 9.97. The zero-order chi connectivity index (χ0) is 22.1. The first-order valence-electron chi connectivity index (χ1n) is 9.72. The van der Waals surface area contributed by atoms with Gasteiger partial charge in [0.25, 0.3) is 0 Å². The Morgan fingerprint density at radius 3 is 2.61 bits per heavy atom. The number of hydrogen-bond acceptors (Lipinski definition) is 7. The predicted octanol–water partition coefficient (Wildman–Crippen LogP) is 4.33. The Hall–Kier alpha value is -2.62. The molecule has 0 spiro atoms. The summed E-state index contributed by atoms with van der Waals surface area (Å²) in [5, 5.41) is 6.31. The van der Waals surface area contributed by atoms with Crippen LogP contribution in [0.1, 0.15) is 5.69 Å². The number of hydrogen-bond donors (Lipinski definition) is 1. The zero-order valence-electron chi connectivity index (χ0n) is 17.5. The Kier molecular flexibility index (Phi) is 6.17. The van der Waals surface area contributed by atoms with Crippen molar-refractivity contribution < 1.29 is 13.9 Å². The summed E-state index contributed by atoms with van der Waals surface area (Å²) >= 11 is 2.58. The molecule has 2 N–H and O–H groups in total. The van der Waals surface area contributed by atoms with Gasteiger partial charge in [-0.3, -0.25) is 14.8 Å². The van der Waals surface area contributed by atoms with Gasteiger partial charge in [-0.2, -0.15) is 0 Å². The number of methoxy groups -OCH3 is 1. The number of anilines is 2. The molecule has 0 aliphatic carbocycles. The SMILES string of the molecule is COc1ccc(F)cc1-c1ccc(N2CC(C(=O)N(C)c3nc(C)c(SN)s3)C2)cc1. The average molecular weight is 459 g/mol. The van der Waals surface area contributed by atoms with Gasteiger partial charge in [0.2, 0.25) is 5.91 Å². The summed E-state index contributed by atoms with van der Waals surface area (Å²) in [6.45, 7) is 3.19. The topological polar surface area (TPSA) is 71.7 Å². The highest BCUT2D eigenvalue weighted by Gasteiger charge is 2.35. The monoisotopic (exact) mass is 458 g/mol. The highest BCUT2D eigenvalue weighted by Crippen LogP contribution is 2.35. The number of aromatic nitrogens is 1. The molecule has 1 aliphatic rings. The van der Waals surface area contributed by atoms with Crippen LogP contribution < -0.4 is 19.7 Å². The molecule has 1 aliphatic heterocycles. The number of thiazole rings is 1. The fourth-order valence-electron chi connectivity index (χ4n) is 3.59. The lowest BCUT2D eigenvalue weighted by Crippen LogP contribution is -2.54. The van der Waals surface area contributed by atoms with Gasteiger partial charge >= 0.3 is 0 Å². The van der Waals surface area contributed by atoms with E-state index in [2.05, 4.69) is 9.88 Å². The van der Waals surface area contributed by atoms with Gasteiger partial charge in [-0.15, -0.1) is 0 Å². The molecule has 0 saturated carbocycles. The highest BCUT2D eigenvalue weighted by molar-refractivity contribution is 7.99. The van der Waals surface area contributed by atoms with Crippen LogP contribution in [-0.4, -0.2) is 38.1 Å². The molecule has 0 radical (unpaired) electrons. The van der Waals surface area contributed by atoms with Crippen LogP contribution in [-0.2, 0) is 4.79 Å². The minimum absolute atomic E-state index is 0.0553. The van der Waals surface area contributed by atoms with Gasteiger partial charge in [-0.25, -0.2) is 9.37 Å². The van der Waals surface area contributed by atoms with Crippen molar-refractivity contribution in [1.82, 2.24) is 4.98 Å². The summed E-state index contributed by atoms with van der Waals surface area (Å²) < 4.78 is 19.9. The van der Waals surface area contributed by atoms with Crippen LogP contribution >= 0.6 is 23.3 Å². The molecule has 9 heteroatoms. The van der Waals surface area contributed by atoms with Crippen molar-refractivity contribution in [2.24, 2.45) is 11.1 Å². The van der Waals surface area contributed by atoms with Crippen LogP contribution in [0.4, 0.5) is 15.2 Å². The van der Waals surface area contributed by atoms with Crippen molar-refractivity contribution in [1.29, 1.82) is 0 Å². The molecular formula is C22H23FN4O2S2. The van der Waals surface area contributed by atoms with Crippen molar-refractivity contribution in [3.8, 4) is 16.9 Å². The maximum Gasteiger partial charge on any atom is 0.235 e. The number of nitrogens with zero attached hydrogens (tertiary/aromatic N) is 3. The van der Waals surface area contributed by atoms with Crippen LogP contribution in [0.5, 0.6) is 5.75 Å². The minimum Gasteiger partial charge on any atom is -0.496 e. The average Bonchev–Trinajstić information content (AvgIpc) is 3.13. The van der Waals surface area contributed by atoms with Gasteiger partial charge in [0.05, 0.1) is 22.9 Å². The molecular weight excluding hydrogens is 435 g/mol. The fourth-order valence-corrected chi connectivity index (χ4v) is 4.99. The third-order valence-corrected chi connectivity index (χ3v) is 7.48. The van der Waals surface area contributed by atoms with E-state index in [1.165, 1.54) is 23.5 Å². The van der Waals surface area contributed by atoms with Crippen molar-refractivity contribution in [2.75, 3.05) is 37.0 Å². The van der Waals surface area contributed by atoms with Gasteiger partial charge < -0.3 is 9.64 Å². The minimum atomic E-state index is -0.305. The lowest BCUT2D eigenvalue weighted by Gasteiger charge is -2.41. The summed E-state index contributed by atoms with van der Waals surface area (Å²) in [5.41, 5.74) is 3.46. The number of rotatable bonds is 6. The van der Waals surface area contributed by atoms with Crippen molar-refractivity contribution in [2.45, 2.75) is 11.1 Å². The normalized spacial score (nSPS) is 13.8. The van der Waals surface area contributed by atoms with E-state index in [4.69, 9.17) is 9.88 Å². The molecule has 3 aromatic rings. The zero-order valence-corrected chi connectivity index (χ0v) is 19.1. The summed E-state index contributed by atoms with van der Waals surface area (Å²) in [7, 11) is 3.33. The molecule has 4 rings (SSSR count).